The standard InChI is InChI=1S/C25H28N4O4/c1-18(30)26-21-9-7-20(8-10-21)23(31)27-13-11-22(12-14-27)29-16-15-28(24(32)25(29)33)17-19-5-3-2-4-6-19/h2-10,22H,11-17H2,1H3,(H,26,30). The smallest absolute Gasteiger partial charge is 0.312 e. The number of nitrogens with zero attached hydrogens (tertiary/aromatic N) is 3. The minimum atomic E-state index is -0.456. The van der Waals surface area contributed by atoms with Crippen molar-refractivity contribution < 1.29 is 19.2 Å². The van der Waals surface area contributed by atoms with Gasteiger partial charge in [-0.1, -0.05) is 30.3 Å². The van der Waals surface area contributed by atoms with Crippen molar-refractivity contribution in [3.05, 3.63) is 65.7 Å². The van der Waals surface area contributed by atoms with Gasteiger partial charge in [0.25, 0.3) is 5.91 Å². The summed E-state index contributed by atoms with van der Waals surface area (Å²) < 4.78 is 0. The molecule has 1 N–H and O–H groups in total. The molecule has 8 nitrogen and oxygen atoms in total. The van der Waals surface area contributed by atoms with Gasteiger partial charge in [-0.3, -0.25) is 19.2 Å². The molecule has 2 aliphatic rings. The molecule has 2 aromatic rings. The molecule has 0 radical (unpaired) electrons. The molecule has 0 aromatic heterocycles. The lowest BCUT2D eigenvalue weighted by atomic mass is 10.0. The molecule has 2 heterocycles. The van der Waals surface area contributed by atoms with E-state index in [1.165, 1.54) is 6.92 Å². The maximum Gasteiger partial charge on any atom is 0.312 e. The zero-order valence-electron chi connectivity index (χ0n) is 18.7. The Morgan fingerprint density at radius 1 is 0.879 bits per heavy atom. The highest BCUT2D eigenvalue weighted by molar-refractivity contribution is 6.35. The van der Waals surface area contributed by atoms with E-state index in [2.05, 4.69) is 5.32 Å². The summed E-state index contributed by atoms with van der Waals surface area (Å²) in [5, 5.41) is 2.68. The number of amides is 4. The summed E-state index contributed by atoms with van der Waals surface area (Å²) in [6, 6.07) is 16.4. The maximum absolute atomic E-state index is 12.8. The van der Waals surface area contributed by atoms with Gasteiger partial charge in [-0.05, 0) is 42.7 Å². The van der Waals surface area contributed by atoms with E-state index in [0.717, 1.165) is 5.56 Å². The second kappa shape index (κ2) is 9.85. The highest BCUT2D eigenvalue weighted by atomic mass is 16.2. The van der Waals surface area contributed by atoms with E-state index in [1.807, 2.05) is 30.3 Å². The van der Waals surface area contributed by atoms with E-state index in [0.29, 0.717) is 56.8 Å². The fraction of sp³-hybridized carbons (Fsp3) is 0.360. The van der Waals surface area contributed by atoms with Gasteiger partial charge in [-0.25, -0.2) is 0 Å². The number of nitrogens with one attached hydrogen (secondary N) is 1. The van der Waals surface area contributed by atoms with E-state index < -0.39 is 11.8 Å². The first-order chi connectivity index (χ1) is 15.9. The van der Waals surface area contributed by atoms with Crippen LogP contribution < -0.4 is 5.32 Å². The zero-order chi connectivity index (χ0) is 23.4. The van der Waals surface area contributed by atoms with Gasteiger partial charge in [-0.15, -0.1) is 0 Å². The fourth-order valence-corrected chi connectivity index (χ4v) is 4.46. The molecule has 4 rings (SSSR count). The predicted molar refractivity (Wildman–Crippen MR) is 123 cm³/mol. The maximum atomic E-state index is 12.8. The average molecular weight is 449 g/mol. The van der Waals surface area contributed by atoms with Crippen LogP contribution in [0.3, 0.4) is 0 Å². The van der Waals surface area contributed by atoms with Crippen molar-refractivity contribution in [2.45, 2.75) is 32.4 Å². The number of hydrogen-bond donors (Lipinski definition) is 1. The number of anilines is 1. The lowest BCUT2D eigenvalue weighted by molar-refractivity contribution is -0.158. The fourth-order valence-electron chi connectivity index (χ4n) is 4.46. The van der Waals surface area contributed by atoms with E-state index >= 15 is 0 Å². The number of piperidine rings is 1. The minimum absolute atomic E-state index is 0.0356. The molecule has 0 saturated carbocycles. The van der Waals surface area contributed by atoms with Crippen molar-refractivity contribution in [3.63, 3.8) is 0 Å². The van der Waals surface area contributed by atoms with Crippen LogP contribution in [0.2, 0.25) is 0 Å². The molecule has 0 unspecified atom stereocenters. The average Bonchev–Trinajstić information content (AvgIpc) is 2.83. The van der Waals surface area contributed by atoms with Gasteiger partial charge in [-0.2, -0.15) is 0 Å². The first kappa shape index (κ1) is 22.5. The molecule has 2 fully saturated rings. The summed E-state index contributed by atoms with van der Waals surface area (Å²) in [5.74, 6) is -1.14. The summed E-state index contributed by atoms with van der Waals surface area (Å²) >= 11 is 0. The second-order valence-electron chi connectivity index (χ2n) is 8.49. The Kier molecular flexibility index (Phi) is 6.72. The Bertz CT molecular complexity index is 1030. The third-order valence-electron chi connectivity index (χ3n) is 6.20. The van der Waals surface area contributed by atoms with Gasteiger partial charge in [0, 0.05) is 56.9 Å². The van der Waals surface area contributed by atoms with Crippen LogP contribution in [0.5, 0.6) is 0 Å². The molecule has 2 aromatic carbocycles. The van der Waals surface area contributed by atoms with Gasteiger partial charge in [0.15, 0.2) is 0 Å². The van der Waals surface area contributed by atoms with Crippen LogP contribution in [0.25, 0.3) is 0 Å². The van der Waals surface area contributed by atoms with Crippen LogP contribution in [0, 0.1) is 0 Å². The van der Waals surface area contributed by atoms with Crippen molar-refractivity contribution in [3.8, 4) is 0 Å². The van der Waals surface area contributed by atoms with Gasteiger partial charge in [0.1, 0.15) is 0 Å². The van der Waals surface area contributed by atoms with Gasteiger partial charge in [0.2, 0.25) is 5.91 Å². The summed E-state index contributed by atoms with van der Waals surface area (Å²) in [4.78, 5) is 54.5. The van der Waals surface area contributed by atoms with Crippen molar-refractivity contribution in [2.24, 2.45) is 0 Å². The molecular formula is C25H28N4O4. The van der Waals surface area contributed by atoms with E-state index in [9.17, 15) is 19.2 Å². The van der Waals surface area contributed by atoms with Crippen molar-refractivity contribution >= 4 is 29.3 Å². The van der Waals surface area contributed by atoms with Crippen LogP contribution in [0.1, 0.15) is 35.7 Å². The quantitative estimate of drug-likeness (QED) is 0.710. The first-order valence-electron chi connectivity index (χ1n) is 11.2. The molecule has 0 spiro atoms. The Labute approximate surface area is 193 Å². The van der Waals surface area contributed by atoms with Crippen LogP contribution in [-0.2, 0) is 20.9 Å². The topological polar surface area (TPSA) is 90.0 Å². The van der Waals surface area contributed by atoms with Crippen LogP contribution in [0.4, 0.5) is 5.69 Å². The van der Waals surface area contributed by atoms with Crippen LogP contribution in [0.15, 0.2) is 54.6 Å². The Hall–Kier alpha value is -3.68. The summed E-state index contributed by atoms with van der Waals surface area (Å²) in [6.45, 7) is 3.96. The largest absolute Gasteiger partial charge is 0.338 e. The van der Waals surface area contributed by atoms with Gasteiger partial charge < -0.3 is 20.0 Å². The van der Waals surface area contributed by atoms with E-state index in [1.54, 1.807) is 39.0 Å². The molecule has 4 amide bonds. The number of hydrogen-bond acceptors (Lipinski definition) is 4. The molecule has 8 heteroatoms. The Morgan fingerprint density at radius 3 is 2.18 bits per heavy atom. The SMILES string of the molecule is CC(=O)Nc1ccc(C(=O)N2CCC(N3CCN(Cc4ccccc4)C(=O)C3=O)CC2)cc1. The highest BCUT2D eigenvalue weighted by Gasteiger charge is 2.38. The number of rotatable bonds is 5. The molecule has 0 aliphatic carbocycles. The Morgan fingerprint density at radius 2 is 1.55 bits per heavy atom. The van der Waals surface area contributed by atoms with E-state index in [4.69, 9.17) is 0 Å². The summed E-state index contributed by atoms with van der Waals surface area (Å²) in [7, 11) is 0. The number of carbonyl (C=O) groups is 4. The molecule has 2 saturated heterocycles. The van der Waals surface area contributed by atoms with Gasteiger partial charge in [0.05, 0.1) is 0 Å². The third kappa shape index (κ3) is 5.22. The lowest BCUT2D eigenvalue weighted by Gasteiger charge is -2.42. The normalized spacial score (nSPS) is 17.3. The van der Waals surface area contributed by atoms with Crippen molar-refractivity contribution in [2.75, 3.05) is 31.5 Å². The van der Waals surface area contributed by atoms with Crippen molar-refractivity contribution in [1.82, 2.24) is 14.7 Å². The number of carbonyl (C=O) groups excluding carboxylic acids is 4. The summed E-state index contributed by atoms with van der Waals surface area (Å²) in [6.07, 6.45) is 1.29. The lowest BCUT2D eigenvalue weighted by Crippen LogP contribution is -2.59. The Balaban J connectivity index is 1.30. The molecule has 2 aliphatic heterocycles. The van der Waals surface area contributed by atoms with Crippen molar-refractivity contribution in [1.29, 1.82) is 0 Å². The molecule has 0 bridgehead atoms. The number of piperazine rings is 1. The van der Waals surface area contributed by atoms with Crippen LogP contribution in [-0.4, -0.2) is 70.5 Å². The van der Waals surface area contributed by atoms with E-state index in [-0.39, 0.29) is 17.9 Å². The second-order valence-corrected chi connectivity index (χ2v) is 8.49. The predicted octanol–water partition coefficient (Wildman–Crippen LogP) is 2.12. The van der Waals surface area contributed by atoms with Gasteiger partial charge >= 0.3 is 11.8 Å². The molecule has 172 valence electrons. The molecule has 0 atom stereocenters. The minimum Gasteiger partial charge on any atom is -0.338 e. The monoisotopic (exact) mass is 448 g/mol. The zero-order valence-corrected chi connectivity index (χ0v) is 18.7. The number of likely N-dealkylation sites (tertiary alicyclic amines) is 1. The highest BCUT2D eigenvalue weighted by Crippen LogP contribution is 2.22. The number of benzene rings is 2. The third-order valence-corrected chi connectivity index (χ3v) is 6.20. The first-order valence-corrected chi connectivity index (χ1v) is 11.2. The molecule has 33 heavy (non-hydrogen) atoms. The summed E-state index contributed by atoms with van der Waals surface area (Å²) in [5.41, 5.74) is 2.21. The van der Waals surface area contributed by atoms with Crippen LogP contribution >= 0.6 is 0 Å². The molecular weight excluding hydrogens is 420 g/mol.